The molecule has 1 N–H and O–H groups in total. The van der Waals surface area contributed by atoms with Gasteiger partial charge in [0, 0.05) is 13.1 Å². The predicted octanol–water partition coefficient (Wildman–Crippen LogP) is 1.72. The lowest BCUT2D eigenvalue weighted by Crippen LogP contribution is -2.38. The number of methoxy groups -OCH3 is 1. The molecule has 1 saturated heterocycles. The second-order valence-corrected chi connectivity index (χ2v) is 4.58. The van der Waals surface area contributed by atoms with E-state index in [9.17, 15) is 10.4 Å². The number of nitrogens with zero attached hydrogens (tertiary/aromatic N) is 2. The molecule has 0 spiro atoms. The number of piperidine rings is 1. The summed E-state index contributed by atoms with van der Waals surface area (Å²) in [4.78, 5) is 2.11. The van der Waals surface area contributed by atoms with E-state index < -0.39 is 0 Å². The van der Waals surface area contributed by atoms with E-state index in [4.69, 9.17) is 4.74 Å². The van der Waals surface area contributed by atoms with Crippen molar-refractivity contribution in [3.63, 3.8) is 0 Å². The number of rotatable bonds is 3. The van der Waals surface area contributed by atoms with E-state index in [0.29, 0.717) is 0 Å². The van der Waals surface area contributed by atoms with Gasteiger partial charge in [-0.05, 0) is 30.5 Å². The average Bonchev–Trinajstić information content (AvgIpc) is 2.42. The van der Waals surface area contributed by atoms with Crippen molar-refractivity contribution in [3.8, 4) is 11.8 Å². The predicted molar refractivity (Wildman–Crippen MR) is 68.2 cm³/mol. The first-order valence-corrected chi connectivity index (χ1v) is 6.20. The van der Waals surface area contributed by atoms with Crippen LogP contribution in [0.25, 0.3) is 0 Å². The molecule has 4 nitrogen and oxygen atoms in total. The standard InChI is InChI=1S/C14H18N2O2/c1-18-13-4-2-3-11(9-13)14(10-15)16-7-5-12(17)6-8-16/h2-4,9,12,14,17H,5-8H2,1H3. The lowest BCUT2D eigenvalue weighted by atomic mass is 10.0. The molecule has 0 radical (unpaired) electrons. The molecule has 0 aromatic heterocycles. The Balaban J connectivity index is 2.15. The summed E-state index contributed by atoms with van der Waals surface area (Å²) in [6, 6.07) is 9.71. The van der Waals surface area contributed by atoms with Gasteiger partial charge in [0.05, 0.1) is 19.3 Å². The smallest absolute Gasteiger partial charge is 0.123 e. The van der Waals surface area contributed by atoms with Crippen LogP contribution in [0.2, 0.25) is 0 Å². The molecule has 1 aliphatic heterocycles. The highest BCUT2D eigenvalue weighted by molar-refractivity contribution is 5.33. The minimum Gasteiger partial charge on any atom is -0.497 e. The number of aliphatic hydroxyl groups is 1. The van der Waals surface area contributed by atoms with E-state index in [-0.39, 0.29) is 12.1 Å². The third kappa shape index (κ3) is 2.81. The Morgan fingerprint density at radius 1 is 1.44 bits per heavy atom. The third-order valence-electron chi connectivity index (χ3n) is 3.40. The molecule has 4 heteroatoms. The Kier molecular flexibility index (Phi) is 4.19. The lowest BCUT2D eigenvalue weighted by molar-refractivity contribution is 0.0716. The van der Waals surface area contributed by atoms with Gasteiger partial charge in [-0.1, -0.05) is 12.1 Å². The van der Waals surface area contributed by atoms with Crippen molar-refractivity contribution in [3.05, 3.63) is 29.8 Å². The largest absolute Gasteiger partial charge is 0.497 e. The molecule has 1 aliphatic rings. The van der Waals surface area contributed by atoms with Crippen LogP contribution in [-0.2, 0) is 0 Å². The van der Waals surface area contributed by atoms with Gasteiger partial charge in [-0.15, -0.1) is 0 Å². The molecule has 0 aliphatic carbocycles. The second kappa shape index (κ2) is 5.85. The van der Waals surface area contributed by atoms with Gasteiger partial charge in [-0.3, -0.25) is 4.90 Å². The van der Waals surface area contributed by atoms with Gasteiger partial charge in [0.25, 0.3) is 0 Å². The molecule has 0 bridgehead atoms. The maximum atomic E-state index is 9.50. The first kappa shape index (κ1) is 12.9. The highest BCUT2D eigenvalue weighted by Gasteiger charge is 2.25. The van der Waals surface area contributed by atoms with E-state index >= 15 is 0 Å². The van der Waals surface area contributed by atoms with Crippen molar-refractivity contribution in [2.45, 2.75) is 25.0 Å². The number of ether oxygens (including phenoxy) is 1. The van der Waals surface area contributed by atoms with Gasteiger partial charge < -0.3 is 9.84 Å². The van der Waals surface area contributed by atoms with E-state index in [2.05, 4.69) is 11.0 Å². The van der Waals surface area contributed by atoms with Gasteiger partial charge in [0.1, 0.15) is 11.8 Å². The average molecular weight is 246 g/mol. The van der Waals surface area contributed by atoms with E-state index in [1.807, 2.05) is 24.3 Å². The zero-order chi connectivity index (χ0) is 13.0. The molecule has 1 unspecified atom stereocenters. The summed E-state index contributed by atoms with van der Waals surface area (Å²) in [5, 5.41) is 18.9. The topological polar surface area (TPSA) is 56.5 Å². The first-order valence-electron chi connectivity index (χ1n) is 6.20. The minimum atomic E-state index is -0.257. The Bertz CT molecular complexity index is 434. The fourth-order valence-corrected chi connectivity index (χ4v) is 2.32. The summed E-state index contributed by atoms with van der Waals surface area (Å²) in [5.74, 6) is 0.768. The maximum absolute atomic E-state index is 9.50. The van der Waals surface area contributed by atoms with Crippen LogP contribution < -0.4 is 4.74 Å². The van der Waals surface area contributed by atoms with E-state index in [0.717, 1.165) is 37.2 Å². The van der Waals surface area contributed by atoms with Gasteiger partial charge >= 0.3 is 0 Å². The molecule has 0 amide bonds. The fourth-order valence-electron chi connectivity index (χ4n) is 2.32. The summed E-state index contributed by atoms with van der Waals surface area (Å²) in [5.41, 5.74) is 0.952. The van der Waals surface area contributed by atoms with Crippen LogP contribution in [0, 0.1) is 11.3 Å². The highest BCUT2D eigenvalue weighted by Crippen LogP contribution is 2.26. The summed E-state index contributed by atoms with van der Waals surface area (Å²) < 4.78 is 5.19. The fraction of sp³-hybridized carbons (Fsp3) is 0.500. The maximum Gasteiger partial charge on any atom is 0.123 e. The van der Waals surface area contributed by atoms with Crippen LogP contribution in [0.1, 0.15) is 24.4 Å². The van der Waals surface area contributed by atoms with E-state index in [1.165, 1.54) is 0 Å². The number of aliphatic hydroxyl groups excluding tert-OH is 1. The van der Waals surface area contributed by atoms with Gasteiger partial charge in [-0.25, -0.2) is 0 Å². The number of likely N-dealkylation sites (tertiary alicyclic amines) is 1. The Morgan fingerprint density at radius 3 is 2.78 bits per heavy atom. The van der Waals surface area contributed by atoms with Crippen LogP contribution in [0.4, 0.5) is 0 Å². The Labute approximate surface area is 107 Å². The molecular weight excluding hydrogens is 228 g/mol. The molecule has 1 atom stereocenters. The summed E-state index contributed by atoms with van der Waals surface area (Å²) >= 11 is 0. The van der Waals surface area contributed by atoms with Crippen LogP contribution in [0.5, 0.6) is 5.75 Å². The minimum absolute atomic E-state index is 0.217. The Hall–Kier alpha value is -1.57. The quantitative estimate of drug-likeness (QED) is 0.882. The SMILES string of the molecule is COc1cccc(C(C#N)N2CCC(O)CC2)c1. The molecule has 1 fully saturated rings. The summed E-state index contributed by atoms with van der Waals surface area (Å²) in [7, 11) is 1.62. The molecule has 0 saturated carbocycles. The van der Waals surface area contributed by atoms with Crippen LogP contribution in [0.3, 0.4) is 0 Å². The molecule has 1 aromatic carbocycles. The second-order valence-electron chi connectivity index (χ2n) is 4.58. The third-order valence-corrected chi connectivity index (χ3v) is 3.40. The number of benzene rings is 1. The normalized spacial score (nSPS) is 19.2. The monoisotopic (exact) mass is 246 g/mol. The molecule has 18 heavy (non-hydrogen) atoms. The van der Waals surface area contributed by atoms with Gasteiger partial charge in [0.2, 0.25) is 0 Å². The first-order chi connectivity index (χ1) is 8.74. The molecule has 96 valence electrons. The van der Waals surface area contributed by atoms with Crippen LogP contribution in [-0.4, -0.2) is 36.3 Å². The van der Waals surface area contributed by atoms with Crippen molar-refractivity contribution in [2.75, 3.05) is 20.2 Å². The molecule has 1 heterocycles. The number of nitriles is 1. The Morgan fingerprint density at radius 2 is 2.17 bits per heavy atom. The lowest BCUT2D eigenvalue weighted by Gasteiger charge is -2.33. The van der Waals surface area contributed by atoms with Gasteiger partial charge in [-0.2, -0.15) is 5.26 Å². The zero-order valence-electron chi connectivity index (χ0n) is 10.5. The summed E-state index contributed by atoms with van der Waals surface area (Å²) in [6.07, 6.45) is 1.26. The van der Waals surface area contributed by atoms with Crippen LogP contribution in [0.15, 0.2) is 24.3 Å². The van der Waals surface area contributed by atoms with Crippen LogP contribution >= 0.6 is 0 Å². The van der Waals surface area contributed by atoms with E-state index in [1.54, 1.807) is 7.11 Å². The van der Waals surface area contributed by atoms with Crippen molar-refractivity contribution in [1.82, 2.24) is 4.90 Å². The van der Waals surface area contributed by atoms with Crippen molar-refractivity contribution in [1.29, 1.82) is 5.26 Å². The molecule has 1 aromatic rings. The zero-order valence-corrected chi connectivity index (χ0v) is 10.5. The number of hydrogen-bond acceptors (Lipinski definition) is 4. The van der Waals surface area contributed by atoms with Gasteiger partial charge in [0.15, 0.2) is 0 Å². The van der Waals surface area contributed by atoms with Crippen molar-refractivity contribution >= 4 is 0 Å². The number of hydrogen-bond donors (Lipinski definition) is 1. The van der Waals surface area contributed by atoms with Crippen molar-refractivity contribution in [2.24, 2.45) is 0 Å². The van der Waals surface area contributed by atoms with Crippen molar-refractivity contribution < 1.29 is 9.84 Å². The highest BCUT2D eigenvalue weighted by atomic mass is 16.5. The summed E-state index contributed by atoms with van der Waals surface area (Å²) in [6.45, 7) is 1.52. The molecular formula is C14H18N2O2. The molecule has 2 rings (SSSR count).